The summed E-state index contributed by atoms with van der Waals surface area (Å²) >= 11 is 0. The minimum Gasteiger partial charge on any atom is -0.314 e. The highest BCUT2D eigenvalue weighted by atomic mass is 14.9. The monoisotopic (exact) mass is 267 g/mol. The van der Waals surface area contributed by atoms with E-state index in [1.54, 1.807) is 0 Å². The van der Waals surface area contributed by atoms with Crippen LogP contribution in [-0.4, -0.2) is 12.6 Å². The lowest BCUT2D eigenvalue weighted by atomic mass is 9.76. The smallest absolute Gasteiger partial charge is 0.0100 e. The molecule has 1 heteroatoms. The molecule has 0 spiro atoms. The van der Waals surface area contributed by atoms with Crippen molar-refractivity contribution >= 4 is 0 Å². The van der Waals surface area contributed by atoms with Crippen molar-refractivity contribution in [2.24, 2.45) is 11.3 Å². The van der Waals surface area contributed by atoms with Gasteiger partial charge in [0.25, 0.3) is 0 Å². The van der Waals surface area contributed by atoms with E-state index in [1.807, 2.05) is 0 Å². The second kappa shape index (κ2) is 9.00. The summed E-state index contributed by atoms with van der Waals surface area (Å²) in [6.07, 6.45) is 14.2. The lowest BCUT2D eigenvalue weighted by Gasteiger charge is -2.35. The molecule has 0 aliphatic heterocycles. The van der Waals surface area contributed by atoms with Crippen LogP contribution in [-0.2, 0) is 0 Å². The molecule has 0 aromatic rings. The second-order valence-corrected chi connectivity index (χ2v) is 7.21. The van der Waals surface area contributed by atoms with Gasteiger partial charge in [-0.15, -0.1) is 0 Å². The molecule has 0 amide bonds. The Morgan fingerprint density at radius 3 is 2.32 bits per heavy atom. The van der Waals surface area contributed by atoms with Crippen LogP contribution in [0.2, 0.25) is 0 Å². The molecule has 0 bridgehead atoms. The molecule has 0 aromatic carbocycles. The highest BCUT2D eigenvalue weighted by molar-refractivity contribution is 4.92. The fourth-order valence-electron chi connectivity index (χ4n) is 3.95. The zero-order valence-electron chi connectivity index (χ0n) is 13.9. The highest BCUT2D eigenvalue weighted by Gasteiger charge is 2.38. The lowest BCUT2D eigenvalue weighted by Crippen LogP contribution is -2.40. The number of hydrogen-bond donors (Lipinski definition) is 1. The van der Waals surface area contributed by atoms with Gasteiger partial charge in [-0.05, 0) is 37.1 Å². The summed E-state index contributed by atoms with van der Waals surface area (Å²) in [5, 5.41) is 3.78. The topological polar surface area (TPSA) is 12.0 Å². The van der Waals surface area contributed by atoms with Crippen LogP contribution >= 0.6 is 0 Å². The first kappa shape index (κ1) is 17.0. The van der Waals surface area contributed by atoms with E-state index in [0.29, 0.717) is 5.41 Å². The van der Waals surface area contributed by atoms with Gasteiger partial charge in [0.15, 0.2) is 0 Å². The van der Waals surface area contributed by atoms with E-state index >= 15 is 0 Å². The largest absolute Gasteiger partial charge is 0.314 e. The van der Waals surface area contributed by atoms with E-state index in [2.05, 4.69) is 33.0 Å². The van der Waals surface area contributed by atoms with Crippen molar-refractivity contribution in [3.05, 3.63) is 0 Å². The Morgan fingerprint density at radius 2 is 1.74 bits per heavy atom. The highest BCUT2D eigenvalue weighted by Crippen LogP contribution is 2.45. The molecular formula is C18H37N. The summed E-state index contributed by atoms with van der Waals surface area (Å²) in [6.45, 7) is 10.7. The van der Waals surface area contributed by atoms with Crippen molar-refractivity contribution in [1.82, 2.24) is 5.32 Å². The van der Waals surface area contributed by atoms with Crippen molar-refractivity contribution in [2.75, 3.05) is 6.54 Å². The average molecular weight is 268 g/mol. The quantitative estimate of drug-likeness (QED) is 0.512. The molecule has 0 radical (unpaired) electrons. The molecular weight excluding hydrogens is 230 g/mol. The molecule has 1 fully saturated rings. The third-order valence-corrected chi connectivity index (χ3v) is 5.16. The Bertz CT molecular complexity index is 222. The summed E-state index contributed by atoms with van der Waals surface area (Å²) < 4.78 is 0. The number of nitrogens with one attached hydrogen (secondary N) is 1. The molecule has 19 heavy (non-hydrogen) atoms. The fourth-order valence-corrected chi connectivity index (χ4v) is 3.95. The van der Waals surface area contributed by atoms with Crippen LogP contribution in [0.4, 0.5) is 0 Å². The maximum absolute atomic E-state index is 3.78. The first-order valence-corrected chi connectivity index (χ1v) is 8.85. The van der Waals surface area contributed by atoms with Crippen LogP contribution in [0.15, 0.2) is 0 Å². The maximum Gasteiger partial charge on any atom is 0.0100 e. The van der Waals surface area contributed by atoms with Gasteiger partial charge in [-0.1, -0.05) is 72.6 Å². The van der Waals surface area contributed by atoms with Crippen LogP contribution in [0.5, 0.6) is 0 Å². The SMILES string of the molecule is CCCCCCCCC(NCC)C1CCCC1(C)C. The van der Waals surface area contributed by atoms with E-state index in [4.69, 9.17) is 0 Å². The summed E-state index contributed by atoms with van der Waals surface area (Å²) in [5.41, 5.74) is 0.565. The van der Waals surface area contributed by atoms with Gasteiger partial charge >= 0.3 is 0 Å². The Balaban J connectivity index is 2.28. The normalized spacial score (nSPS) is 23.7. The van der Waals surface area contributed by atoms with Gasteiger partial charge in [0.2, 0.25) is 0 Å². The third kappa shape index (κ3) is 5.85. The molecule has 1 nitrogen and oxygen atoms in total. The van der Waals surface area contributed by atoms with Crippen molar-refractivity contribution in [3.63, 3.8) is 0 Å². The summed E-state index contributed by atoms with van der Waals surface area (Å²) in [4.78, 5) is 0. The van der Waals surface area contributed by atoms with Crippen molar-refractivity contribution in [3.8, 4) is 0 Å². The number of unbranched alkanes of at least 4 members (excludes halogenated alkanes) is 5. The first-order chi connectivity index (χ1) is 9.11. The lowest BCUT2D eigenvalue weighted by molar-refractivity contribution is 0.188. The maximum atomic E-state index is 3.78. The van der Waals surface area contributed by atoms with Gasteiger partial charge in [0, 0.05) is 6.04 Å². The van der Waals surface area contributed by atoms with Crippen LogP contribution in [0.25, 0.3) is 0 Å². The van der Waals surface area contributed by atoms with Crippen LogP contribution in [0.3, 0.4) is 0 Å². The molecule has 1 aliphatic carbocycles. The van der Waals surface area contributed by atoms with E-state index in [0.717, 1.165) is 18.5 Å². The van der Waals surface area contributed by atoms with E-state index in [9.17, 15) is 0 Å². The summed E-state index contributed by atoms with van der Waals surface area (Å²) in [7, 11) is 0. The van der Waals surface area contributed by atoms with E-state index in [1.165, 1.54) is 64.2 Å². The van der Waals surface area contributed by atoms with Crippen molar-refractivity contribution in [1.29, 1.82) is 0 Å². The molecule has 1 N–H and O–H groups in total. The van der Waals surface area contributed by atoms with Gasteiger partial charge in [0.1, 0.15) is 0 Å². The molecule has 2 unspecified atom stereocenters. The van der Waals surface area contributed by atoms with Crippen molar-refractivity contribution in [2.45, 2.75) is 97.9 Å². The molecule has 1 saturated carbocycles. The van der Waals surface area contributed by atoms with Gasteiger partial charge < -0.3 is 5.32 Å². The third-order valence-electron chi connectivity index (χ3n) is 5.16. The Morgan fingerprint density at radius 1 is 1.05 bits per heavy atom. The van der Waals surface area contributed by atoms with Gasteiger partial charge in [-0.25, -0.2) is 0 Å². The molecule has 0 heterocycles. The summed E-state index contributed by atoms with van der Waals surface area (Å²) in [6, 6.07) is 0.772. The standard InChI is InChI=1S/C18H37N/c1-5-7-8-9-10-11-14-17(19-6-2)16-13-12-15-18(16,3)4/h16-17,19H,5-15H2,1-4H3. The first-order valence-electron chi connectivity index (χ1n) is 8.85. The predicted molar refractivity (Wildman–Crippen MR) is 86.6 cm³/mol. The van der Waals surface area contributed by atoms with Gasteiger partial charge in [0.05, 0.1) is 0 Å². The molecule has 114 valence electrons. The zero-order valence-corrected chi connectivity index (χ0v) is 13.9. The van der Waals surface area contributed by atoms with E-state index < -0.39 is 0 Å². The molecule has 1 rings (SSSR count). The number of hydrogen-bond acceptors (Lipinski definition) is 1. The summed E-state index contributed by atoms with van der Waals surface area (Å²) in [5.74, 6) is 0.906. The Kier molecular flexibility index (Phi) is 8.06. The Labute approximate surface area is 121 Å². The van der Waals surface area contributed by atoms with Crippen molar-refractivity contribution < 1.29 is 0 Å². The Hall–Kier alpha value is -0.0400. The molecule has 1 aliphatic rings. The van der Waals surface area contributed by atoms with Gasteiger partial charge in [-0.3, -0.25) is 0 Å². The van der Waals surface area contributed by atoms with Crippen LogP contribution in [0.1, 0.15) is 91.9 Å². The molecule has 0 saturated heterocycles. The average Bonchev–Trinajstić information content (AvgIpc) is 2.72. The van der Waals surface area contributed by atoms with E-state index in [-0.39, 0.29) is 0 Å². The minimum atomic E-state index is 0.565. The number of rotatable bonds is 10. The molecule has 2 atom stereocenters. The van der Waals surface area contributed by atoms with Gasteiger partial charge in [-0.2, -0.15) is 0 Å². The predicted octanol–water partition coefficient (Wildman–Crippen LogP) is 5.54. The minimum absolute atomic E-state index is 0.565. The van der Waals surface area contributed by atoms with Crippen LogP contribution < -0.4 is 5.32 Å². The zero-order chi connectivity index (χ0) is 14.1. The van der Waals surface area contributed by atoms with Crippen LogP contribution in [0, 0.1) is 11.3 Å². The second-order valence-electron chi connectivity index (χ2n) is 7.21. The molecule has 0 aromatic heterocycles. The fraction of sp³-hybridized carbons (Fsp3) is 1.00.